The van der Waals surface area contributed by atoms with Gasteiger partial charge in [-0.15, -0.1) is 0 Å². The van der Waals surface area contributed by atoms with E-state index in [2.05, 4.69) is 39.9 Å². The van der Waals surface area contributed by atoms with E-state index in [4.69, 9.17) is 4.74 Å². The van der Waals surface area contributed by atoms with E-state index in [1.54, 1.807) is 5.57 Å². The summed E-state index contributed by atoms with van der Waals surface area (Å²) in [5.41, 5.74) is 4.36. The van der Waals surface area contributed by atoms with Gasteiger partial charge in [0.15, 0.2) is 0 Å². The van der Waals surface area contributed by atoms with Gasteiger partial charge < -0.3 is 10.1 Å². The second kappa shape index (κ2) is 7.33. The third-order valence-corrected chi connectivity index (χ3v) is 11.9. The van der Waals surface area contributed by atoms with Gasteiger partial charge in [0.2, 0.25) is 0 Å². The molecule has 0 aromatic rings. The molecule has 5 fully saturated rings. The molecule has 1 N–H and O–H groups in total. The Bertz CT molecular complexity index is 764. The molecule has 6 aliphatic rings. The number of hydrogen-bond acceptors (Lipinski definition) is 2. The molecule has 2 aliphatic heterocycles. The Labute approximate surface area is 192 Å². The number of hydrogen-bond donors (Lipinski definition) is 1. The van der Waals surface area contributed by atoms with Crippen molar-refractivity contribution in [1.82, 2.24) is 5.32 Å². The van der Waals surface area contributed by atoms with Gasteiger partial charge in [-0.1, -0.05) is 45.3 Å². The van der Waals surface area contributed by atoms with Gasteiger partial charge in [-0.3, -0.25) is 0 Å². The van der Waals surface area contributed by atoms with Crippen LogP contribution >= 0.6 is 0 Å². The molecule has 3 saturated carbocycles. The molecule has 31 heavy (non-hydrogen) atoms. The third-order valence-electron chi connectivity index (χ3n) is 11.9. The highest BCUT2D eigenvalue weighted by Gasteiger charge is 2.59. The van der Waals surface area contributed by atoms with Crippen LogP contribution in [-0.4, -0.2) is 24.3 Å². The highest BCUT2D eigenvalue weighted by Crippen LogP contribution is 2.65. The van der Waals surface area contributed by atoms with Gasteiger partial charge >= 0.3 is 0 Å². The number of allylic oxidation sites excluding steroid dienone is 1. The fourth-order valence-electron chi connectivity index (χ4n) is 10.0. The van der Waals surface area contributed by atoms with Crippen molar-refractivity contribution < 1.29 is 6.16 Å². The Balaban J connectivity index is 0.00000216. The smallest absolute Gasteiger partial charge is 0.0765 e. The topological polar surface area (TPSA) is 21.3 Å². The summed E-state index contributed by atoms with van der Waals surface area (Å²) in [6.45, 7) is 13.8. The number of nitrogens with one attached hydrogen (secondary N) is 1. The quantitative estimate of drug-likeness (QED) is 0.420. The Kier molecular flexibility index (Phi) is 5.01. The first-order chi connectivity index (χ1) is 14.8. The molecule has 0 amide bonds. The lowest BCUT2D eigenvalue weighted by atomic mass is 9.51. The van der Waals surface area contributed by atoms with E-state index in [0.29, 0.717) is 23.5 Å². The van der Waals surface area contributed by atoms with Crippen molar-refractivity contribution in [2.75, 3.05) is 6.54 Å². The first kappa shape index (κ1) is 21.2. The van der Waals surface area contributed by atoms with Gasteiger partial charge in [-0.05, 0) is 112 Å². The van der Waals surface area contributed by atoms with E-state index in [0.717, 1.165) is 35.5 Å². The molecule has 6 rings (SSSR count). The molecule has 176 valence electrons. The van der Waals surface area contributed by atoms with Crippen LogP contribution in [0.1, 0.15) is 100 Å². The molecule has 1 spiro atoms. The molecule has 2 heteroatoms. The normalized spacial score (nSPS) is 56.6. The monoisotopic (exact) mass is 427 g/mol. The predicted molar refractivity (Wildman–Crippen MR) is 130 cm³/mol. The summed E-state index contributed by atoms with van der Waals surface area (Å²) < 4.78 is 7.05. The van der Waals surface area contributed by atoms with E-state index >= 15 is 0 Å². The highest BCUT2D eigenvalue weighted by atomic mass is 16.5. The van der Waals surface area contributed by atoms with E-state index in [1.807, 2.05) is 5.57 Å². The van der Waals surface area contributed by atoms with Crippen molar-refractivity contribution in [3.63, 3.8) is 0 Å². The van der Waals surface area contributed by atoms with Crippen LogP contribution in [0.25, 0.3) is 0 Å². The van der Waals surface area contributed by atoms with E-state index in [1.165, 1.54) is 70.8 Å². The lowest BCUT2D eigenvalue weighted by Crippen LogP contribution is -2.48. The Morgan fingerprint density at radius 1 is 1.00 bits per heavy atom. The summed E-state index contributed by atoms with van der Waals surface area (Å²) >= 11 is 0. The van der Waals surface area contributed by atoms with Crippen LogP contribution in [0, 0.1) is 46.8 Å². The minimum atomic E-state index is 0. The lowest BCUT2D eigenvalue weighted by molar-refractivity contribution is -0.0751. The van der Waals surface area contributed by atoms with Crippen molar-refractivity contribution >= 4 is 0 Å². The van der Waals surface area contributed by atoms with Gasteiger partial charge in [-0.25, -0.2) is 0 Å². The first-order valence-electron chi connectivity index (χ1n) is 13.9. The fraction of sp³-hybridized carbons (Fsp3) is 0.931. The molecule has 2 nitrogen and oxygen atoms in total. The number of ether oxygens (including phenoxy) is 1. The summed E-state index contributed by atoms with van der Waals surface area (Å²) in [5, 5.41) is 3.88. The molecule has 0 aromatic heterocycles. The summed E-state index contributed by atoms with van der Waals surface area (Å²) in [7, 11) is 0. The maximum absolute atomic E-state index is 7.05. The average molecular weight is 428 g/mol. The second-order valence-electron chi connectivity index (χ2n) is 13.5. The zero-order chi connectivity index (χ0) is 21.5. The standard InChI is InChI=1S/C29H47NO.H2/c1-17-8-10-28(5)21(12-17)6-7-23-22-9-11-29(15-19(3)24(22)14-25(23)28)20(4)27-26(31-29)13-18(2)16-30-27;/h17-18,20-23,25-27,30H,6-16H2,1-5H3;1H/t17?,18-,20+,21?,22-,23-,25-,26+,27-,28-,29-;/m0./s1. The molecule has 11 atom stereocenters. The minimum absolute atomic E-state index is 0. The SMILES string of the molecule is CC1=C2C[C@H]3[C@@H](CCC4CC(C)CC[C@@]43C)[C@@H]2CC[C@@]2(C1)O[C@@H]1C[C@H](C)CN[C@H]1[C@H]2C.[HH]. The molecule has 4 aliphatic carbocycles. The van der Waals surface area contributed by atoms with Gasteiger partial charge in [0, 0.05) is 13.4 Å². The van der Waals surface area contributed by atoms with Crippen LogP contribution < -0.4 is 5.32 Å². The van der Waals surface area contributed by atoms with E-state index < -0.39 is 0 Å². The van der Waals surface area contributed by atoms with Crippen molar-refractivity contribution in [2.45, 2.75) is 117 Å². The van der Waals surface area contributed by atoms with Crippen molar-refractivity contribution in [3.8, 4) is 0 Å². The zero-order valence-electron chi connectivity index (χ0n) is 20.9. The molecular formula is C29H49NO. The Morgan fingerprint density at radius 2 is 1.84 bits per heavy atom. The number of piperidine rings is 1. The second-order valence-corrected chi connectivity index (χ2v) is 13.5. The van der Waals surface area contributed by atoms with Crippen molar-refractivity contribution in [2.24, 2.45) is 46.8 Å². The molecule has 2 saturated heterocycles. The molecular weight excluding hydrogens is 378 g/mol. The first-order valence-corrected chi connectivity index (χ1v) is 13.9. The number of fused-ring (bicyclic) bond motifs is 6. The maximum Gasteiger partial charge on any atom is 0.0765 e. The van der Waals surface area contributed by atoms with Crippen LogP contribution in [0.2, 0.25) is 0 Å². The van der Waals surface area contributed by atoms with E-state index in [9.17, 15) is 0 Å². The lowest BCUT2D eigenvalue weighted by Gasteiger charge is -2.54. The van der Waals surface area contributed by atoms with Crippen LogP contribution in [0.15, 0.2) is 11.1 Å². The molecule has 2 unspecified atom stereocenters. The van der Waals surface area contributed by atoms with E-state index in [-0.39, 0.29) is 7.03 Å². The molecule has 2 heterocycles. The largest absolute Gasteiger partial charge is 0.369 e. The maximum atomic E-state index is 7.05. The van der Waals surface area contributed by atoms with Crippen LogP contribution in [-0.2, 0) is 4.74 Å². The Hall–Kier alpha value is -0.340. The molecule has 0 radical (unpaired) electrons. The van der Waals surface area contributed by atoms with Crippen molar-refractivity contribution in [1.29, 1.82) is 0 Å². The number of rotatable bonds is 0. The summed E-state index contributed by atoms with van der Waals surface area (Å²) in [6.07, 6.45) is 14.5. The average Bonchev–Trinajstić information content (AvgIpc) is 3.19. The zero-order valence-corrected chi connectivity index (χ0v) is 20.9. The fourth-order valence-corrected chi connectivity index (χ4v) is 10.0. The van der Waals surface area contributed by atoms with Crippen LogP contribution in [0.3, 0.4) is 0 Å². The summed E-state index contributed by atoms with van der Waals surface area (Å²) in [5.74, 6) is 6.16. The van der Waals surface area contributed by atoms with Crippen LogP contribution in [0.4, 0.5) is 0 Å². The summed E-state index contributed by atoms with van der Waals surface area (Å²) in [4.78, 5) is 0. The predicted octanol–water partition coefficient (Wildman–Crippen LogP) is 6.99. The van der Waals surface area contributed by atoms with Gasteiger partial charge in [0.1, 0.15) is 0 Å². The molecule has 0 bridgehead atoms. The third kappa shape index (κ3) is 3.09. The minimum Gasteiger partial charge on any atom is -0.369 e. The Morgan fingerprint density at radius 3 is 2.68 bits per heavy atom. The molecule has 0 aromatic carbocycles. The van der Waals surface area contributed by atoms with Crippen LogP contribution in [0.5, 0.6) is 0 Å². The highest BCUT2D eigenvalue weighted by molar-refractivity contribution is 5.29. The summed E-state index contributed by atoms with van der Waals surface area (Å²) in [6, 6.07) is 0.582. The van der Waals surface area contributed by atoms with Crippen molar-refractivity contribution in [3.05, 3.63) is 11.1 Å². The van der Waals surface area contributed by atoms with Gasteiger partial charge in [0.25, 0.3) is 0 Å². The van der Waals surface area contributed by atoms with Gasteiger partial charge in [0.05, 0.1) is 11.7 Å². The van der Waals surface area contributed by atoms with Gasteiger partial charge in [-0.2, -0.15) is 0 Å².